The largest absolute Gasteiger partial charge is 0.364 e. The summed E-state index contributed by atoms with van der Waals surface area (Å²) in [6.45, 7) is 3.54. The normalized spacial score (nSPS) is 10.6. The Morgan fingerprint density at radius 2 is 1.59 bits per heavy atom. The maximum absolute atomic E-state index is 11.8. The molecule has 0 saturated carbocycles. The molecule has 0 bridgehead atoms. The summed E-state index contributed by atoms with van der Waals surface area (Å²) in [4.78, 5) is 17.4. The zero-order chi connectivity index (χ0) is 15.5. The lowest BCUT2D eigenvalue weighted by molar-refractivity contribution is 0.101. The molecule has 2 nitrogen and oxygen atoms in total. The fourth-order valence-electron chi connectivity index (χ4n) is 2.54. The summed E-state index contributed by atoms with van der Waals surface area (Å²) >= 11 is 1.73. The third-order valence-electron chi connectivity index (χ3n) is 3.57. The number of aromatic nitrogens is 1. The van der Waals surface area contributed by atoms with Gasteiger partial charge in [-0.25, -0.2) is 0 Å². The van der Waals surface area contributed by atoms with Gasteiger partial charge in [0.05, 0.1) is 0 Å². The number of aromatic amines is 1. The molecule has 0 saturated heterocycles. The Balaban J connectivity index is 1.87. The van der Waals surface area contributed by atoms with Gasteiger partial charge in [0.25, 0.3) is 0 Å². The Kier molecular flexibility index (Phi) is 4.16. The van der Waals surface area contributed by atoms with Crippen LogP contribution >= 0.6 is 11.8 Å². The van der Waals surface area contributed by atoms with E-state index in [0.29, 0.717) is 0 Å². The van der Waals surface area contributed by atoms with Crippen LogP contribution in [0.1, 0.15) is 23.0 Å². The van der Waals surface area contributed by atoms with Crippen molar-refractivity contribution in [2.45, 2.75) is 23.6 Å². The van der Waals surface area contributed by atoms with Crippen molar-refractivity contribution in [2.75, 3.05) is 0 Å². The Morgan fingerprint density at radius 3 is 2.23 bits per heavy atom. The molecular formula is C19H17NOS. The second-order valence-electron chi connectivity index (χ2n) is 5.20. The van der Waals surface area contributed by atoms with E-state index in [1.54, 1.807) is 18.7 Å². The number of Topliss-reactive ketones (excluding diaryl/α,β-unsaturated/α-hetero) is 1. The molecule has 1 heterocycles. The Bertz CT molecular complexity index is 788. The van der Waals surface area contributed by atoms with E-state index in [0.717, 1.165) is 22.4 Å². The van der Waals surface area contributed by atoms with Crippen LogP contribution in [0.2, 0.25) is 0 Å². The fourth-order valence-corrected chi connectivity index (χ4v) is 3.37. The highest BCUT2D eigenvalue weighted by Crippen LogP contribution is 2.31. The second kappa shape index (κ2) is 6.24. The lowest BCUT2D eigenvalue weighted by Gasteiger charge is -2.05. The molecule has 2 aromatic carbocycles. The summed E-state index contributed by atoms with van der Waals surface area (Å²) in [6, 6.07) is 18.6. The molecule has 0 aliphatic heterocycles. The van der Waals surface area contributed by atoms with Crippen LogP contribution in [-0.4, -0.2) is 10.8 Å². The number of hydrogen-bond acceptors (Lipinski definition) is 2. The van der Waals surface area contributed by atoms with Gasteiger partial charge in [0, 0.05) is 32.8 Å². The van der Waals surface area contributed by atoms with Crippen LogP contribution in [0.4, 0.5) is 0 Å². The Hall–Kier alpha value is -2.26. The number of H-pyrrole nitrogens is 1. The number of rotatable bonds is 4. The molecule has 110 valence electrons. The average molecular weight is 307 g/mol. The quantitative estimate of drug-likeness (QED) is 0.660. The van der Waals surface area contributed by atoms with Crippen LogP contribution in [0.15, 0.2) is 70.6 Å². The second-order valence-corrected chi connectivity index (χ2v) is 6.34. The first-order chi connectivity index (χ1) is 10.6. The van der Waals surface area contributed by atoms with Gasteiger partial charge in [-0.2, -0.15) is 0 Å². The summed E-state index contributed by atoms with van der Waals surface area (Å²) in [7, 11) is 0. The molecule has 0 aliphatic carbocycles. The topological polar surface area (TPSA) is 32.9 Å². The summed E-state index contributed by atoms with van der Waals surface area (Å²) in [5.41, 5.74) is 3.74. The first-order valence-electron chi connectivity index (χ1n) is 7.17. The summed E-state index contributed by atoms with van der Waals surface area (Å²) in [5.74, 6) is 0.0940. The van der Waals surface area contributed by atoms with E-state index in [1.165, 1.54) is 9.79 Å². The van der Waals surface area contributed by atoms with E-state index in [1.807, 2.05) is 31.3 Å². The third kappa shape index (κ3) is 3.00. The molecule has 0 radical (unpaired) electrons. The molecule has 3 rings (SSSR count). The van der Waals surface area contributed by atoms with Gasteiger partial charge in [0.2, 0.25) is 0 Å². The lowest BCUT2D eigenvalue weighted by Crippen LogP contribution is -1.95. The number of hydrogen-bond donors (Lipinski definition) is 1. The minimum absolute atomic E-state index is 0.0940. The molecule has 3 aromatic rings. The highest BCUT2D eigenvalue weighted by atomic mass is 32.2. The van der Waals surface area contributed by atoms with Crippen molar-refractivity contribution >= 4 is 17.5 Å². The van der Waals surface area contributed by atoms with E-state index in [2.05, 4.69) is 41.4 Å². The van der Waals surface area contributed by atoms with Crippen LogP contribution in [0.3, 0.4) is 0 Å². The standard InChI is InChI=1S/C19H17NOS/c1-13-19(14(2)21)18(12-20-13)15-8-10-17(11-9-15)22-16-6-4-3-5-7-16/h3-12,20H,1-2H3. The van der Waals surface area contributed by atoms with Gasteiger partial charge in [-0.05, 0) is 43.7 Å². The molecule has 22 heavy (non-hydrogen) atoms. The van der Waals surface area contributed by atoms with Gasteiger partial charge >= 0.3 is 0 Å². The molecule has 0 fully saturated rings. The van der Waals surface area contributed by atoms with Crippen LogP contribution in [-0.2, 0) is 0 Å². The smallest absolute Gasteiger partial charge is 0.162 e. The number of benzene rings is 2. The molecular weight excluding hydrogens is 290 g/mol. The maximum Gasteiger partial charge on any atom is 0.162 e. The van der Waals surface area contributed by atoms with E-state index in [4.69, 9.17) is 0 Å². The minimum Gasteiger partial charge on any atom is -0.364 e. The van der Waals surface area contributed by atoms with Crippen molar-refractivity contribution in [1.82, 2.24) is 4.98 Å². The predicted octanol–water partition coefficient (Wildman–Crippen LogP) is 5.34. The van der Waals surface area contributed by atoms with Crippen molar-refractivity contribution in [1.29, 1.82) is 0 Å². The number of carbonyl (C=O) groups is 1. The summed E-state index contributed by atoms with van der Waals surface area (Å²) in [5, 5.41) is 0. The molecule has 0 unspecified atom stereocenters. The number of nitrogens with one attached hydrogen (secondary N) is 1. The van der Waals surface area contributed by atoms with Crippen LogP contribution in [0.5, 0.6) is 0 Å². The molecule has 0 amide bonds. The van der Waals surface area contributed by atoms with Gasteiger partial charge in [-0.15, -0.1) is 0 Å². The van der Waals surface area contributed by atoms with Crippen LogP contribution in [0.25, 0.3) is 11.1 Å². The molecule has 0 atom stereocenters. The van der Waals surface area contributed by atoms with Gasteiger partial charge in [-0.1, -0.05) is 42.1 Å². The van der Waals surface area contributed by atoms with E-state index >= 15 is 0 Å². The van der Waals surface area contributed by atoms with Crippen molar-refractivity contribution in [2.24, 2.45) is 0 Å². The summed E-state index contributed by atoms with van der Waals surface area (Å²) in [6.07, 6.45) is 1.91. The number of carbonyl (C=O) groups excluding carboxylic acids is 1. The highest BCUT2D eigenvalue weighted by molar-refractivity contribution is 7.99. The van der Waals surface area contributed by atoms with Gasteiger partial charge in [-0.3, -0.25) is 4.79 Å². The Morgan fingerprint density at radius 1 is 0.955 bits per heavy atom. The lowest BCUT2D eigenvalue weighted by atomic mass is 10.0. The number of aryl methyl sites for hydroxylation is 1. The van der Waals surface area contributed by atoms with Crippen molar-refractivity contribution in [3.63, 3.8) is 0 Å². The molecule has 3 heteroatoms. The monoisotopic (exact) mass is 307 g/mol. The van der Waals surface area contributed by atoms with Crippen molar-refractivity contribution in [3.8, 4) is 11.1 Å². The van der Waals surface area contributed by atoms with Gasteiger partial charge in [0.15, 0.2) is 5.78 Å². The van der Waals surface area contributed by atoms with E-state index in [9.17, 15) is 4.79 Å². The molecule has 0 spiro atoms. The zero-order valence-electron chi connectivity index (χ0n) is 12.6. The molecule has 1 N–H and O–H groups in total. The number of ketones is 1. The van der Waals surface area contributed by atoms with Crippen LogP contribution < -0.4 is 0 Å². The maximum atomic E-state index is 11.8. The minimum atomic E-state index is 0.0940. The van der Waals surface area contributed by atoms with Crippen molar-refractivity contribution in [3.05, 3.63) is 72.1 Å². The Labute approximate surface area is 134 Å². The fraction of sp³-hybridized carbons (Fsp3) is 0.105. The summed E-state index contributed by atoms with van der Waals surface area (Å²) < 4.78 is 0. The average Bonchev–Trinajstić information content (AvgIpc) is 2.91. The van der Waals surface area contributed by atoms with E-state index in [-0.39, 0.29) is 5.78 Å². The van der Waals surface area contributed by atoms with Crippen molar-refractivity contribution < 1.29 is 4.79 Å². The SMILES string of the molecule is CC(=O)c1c(-c2ccc(Sc3ccccc3)cc2)c[nH]c1C. The highest BCUT2D eigenvalue weighted by Gasteiger charge is 2.13. The van der Waals surface area contributed by atoms with Gasteiger partial charge < -0.3 is 4.98 Å². The first-order valence-corrected chi connectivity index (χ1v) is 7.99. The third-order valence-corrected chi connectivity index (χ3v) is 4.59. The van der Waals surface area contributed by atoms with E-state index < -0.39 is 0 Å². The molecule has 1 aromatic heterocycles. The zero-order valence-corrected chi connectivity index (χ0v) is 13.4. The predicted molar refractivity (Wildman–Crippen MR) is 91.5 cm³/mol. The van der Waals surface area contributed by atoms with Gasteiger partial charge in [0.1, 0.15) is 0 Å². The first kappa shape index (κ1) is 14.7. The molecule has 0 aliphatic rings. The van der Waals surface area contributed by atoms with Crippen LogP contribution in [0, 0.1) is 6.92 Å².